The molecule has 82 valence electrons. The Morgan fingerprint density at radius 1 is 1.40 bits per heavy atom. The van der Waals surface area contributed by atoms with Gasteiger partial charge in [-0.3, -0.25) is 0 Å². The average molecular weight is 248 g/mol. The smallest absolute Gasteiger partial charge is 0.407 e. The summed E-state index contributed by atoms with van der Waals surface area (Å²) in [5.74, 6) is 0. The lowest BCUT2D eigenvalue weighted by atomic mass is 10.1. The van der Waals surface area contributed by atoms with Gasteiger partial charge in [0.05, 0.1) is 10.0 Å². The van der Waals surface area contributed by atoms with Crippen LogP contribution in [0.1, 0.15) is 5.56 Å². The van der Waals surface area contributed by atoms with E-state index >= 15 is 0 Å². The second kappa shape index (κ2) is 5.24. The largest absolute Gasteiger partial charge is 0.465 e. The Morgan fingerprint density at radius 2 is 2.07 bits per heavy atom. The SMILES string of the molecule is CN(CCc1ccc(Cl)c(Cl)c1)C(=O)O. The molecule has 0 heterocycles. The van der Waals surface area contributed by atoms with Crippen molar-refractivity contribution in [3.8, 4) is 0 Å². The van der Waals surface area contributed by atoms with Gasteiger partial charge in [0.2, 0.25) is 0 Å². The molecule has 0 fully saturated rings. The Hall–Kier alpha value is -0.930. The second-order valence-corrected chi connectivity index (χ2v) is 4.02. The molecule has 1 aromatic carbocycles. The van der Waals surface area contributed by atoms with Crippen molar-refractivity contribution in [3.05, 3.63) is 33.8 Å². The van der Waals surface area contributed by atoms with Crippen LogP contribution in [-0.4, -0.2) is 29.7 Å². The van der Waals surface area contributed by atoms with Crippen LogP contribution in [0, 0.1) is 0 Å². The number of halogens is 2. The summed E-state index contributed by atoms with van der Waals surface area (Å²) >= 11 is 11.6. The summed E-state index contributed by atoms with van der Waals surface area (Å²) in [6, 6.07) is 5.30. The first-order valence-corrected chi connectivity index (χ1v) is 5.14. The van der Waals surface area contributed by atoms with E-state index in [0.29, 0.717) is 23.0 Å². The minimum atomic E-state index is -0.935. The van der Waals surface area contributed by atoms with Crippen molar-refractivity contribution in [2.45, 2.75) is 6.42 Å². The normalized spacial score (nSPS) is 10.1. The van der Waals surface area contributed by atoms with Crippen LogP contribution in [0.2, 0.25) is 10.0 Å². The van der Waals surface area contributed by atoms with Crippen LogP contribution in [0.4, 0.5) is 4.79 Å². The molecule has 1 rings (SSSR count). The van der Waals surface area contributed by atoms with Gasteiger partial charge < -0.3 is 10.0 Å². The predicted molar refractivity (Wildman–Crippen MR) is 60.8 cm³/mol. The summed E-state index contributed by atoms with van der Waals surface area (Å²) < 4.78 is 0. The molecule has 0 bridgehead atoms. The van der Waals surface area contributed by atoms with E-state index in [0.717, 1.165) is 5.56 Å². The number of carbonyl (C=O) groups is 1. The zero-order chi connectivity index (χ0) is 11.4. The average Bonchev–Trinajstić information content (AvgIpc) is 2.19. The Kier molecular flexibility index (Phi) is 4.24. The molecule has 15 heavy (non-hydrogen) atoms. The maximum Gasteiger partial charge on any atom is 0.407 e. The molecule has 0 aromatic heterocycles. The molecule has 0 unspecified atom stereocenters. The number of nitrogens with zero attached hydrogens (tertiary/aromatic N) is 1. The van der Waals surface area contributed by atoms with Gasteiger partial charge in [-0.05, 0) is 24.1 Å². The molecular weight excluding hydrogens is 237 g/mol. The van der Waals surface area contributed by atoms with E-state index in [2.05, 4.69) is 0 Å². The Bertz CT molecular complexity index is 368. The van der Waals surface area contributed by atoms with Gasteiger partial charge in [0.25, 0.3) is 0 Å². The van der Waals surface area contributed by atoms with E-state index in [9.17, 15) is 4.79 Å². The number of amides is 1. The maximum atomic E-state index is 10.5. The van der Waals surface area contributed by atoms with E-state index in [1.165, 1.54) is 11.9 Å². The summed E-state index contributed by atoms with van der Waals surface area (Å²) in [5.41, 5.74) is 0.970. The number of carboxylic acid groups (broad SMARTS) is 1. The fraction of sp³-hybridized carbons (Fsp3) is 0.300. The first kappa shape index (κ1) is 12.1. The molecule has 1 N–H and O–H groups in total. The van der Waals surface area contributed by atoms with E-state index in [1.54, 1.807) is 12.1 Å². The highest BCUT2D eigenvalue weighted by atomic mass is 35.5. The summed E-state index contributed by atoms with van der Waals surface area (Å²) in [7, 11) is 1.53. The van der Waals surface area contributed by atoms with Gasteiger partial charge >= 0.3 is 6.09 Å². The van der Waals surface area contributed by atoms with Crippen molar-refractivity contribution in [3.63, 3.8) is 0 Å². The van der Waals surface area contributed by atoms with Gasteiger partial charge in [-0.2, -0.15) is 0 Å². The number of hydrogen-bond acceptors (Lipinski definition) is 1. The molecule has 0 atom stereocenters. The van der Waals surface area contributed by atoms with E-state index in [1.807, 2.05) is 6.07 Å². The first-order valence-electron chi connectivity index (χ1n) is 4.38. The lowest BCUT2D eigenvalue weighted by Gasteiger charge is -2.12. The van der Waals surface area contributed by atoms with Crippen molar-refractivity contribution in [1.82, 2.24) is 4.90 Å². The zero-order valence-electron chi connectivity index (χ0n) is 8.20. The molecule has 1 aromatic rings. The molecule has 0 aliphatic carbocycles. The van der Waals surface area contributed by atoms with Gasteiger partial charge in [0.15, 0.2) is 0 Å². The summed E-state index contributed by atoms with van der Waals surface area (Å²) in [4.78, 5) is 11.7. The van der Waals surface area contributed by atoms with Crippen molar-refractivity contribution < 1.29 is 9.90 Å². The Labute approximate surface area is 98.2 Å². The van der Waals surface area contributed by atoms with Crippen LogP contribution < -0.4 is 0 Å². The Balaban J connectivity index is 2.58. The fourth-order valence-electron chi connectivity index (χ4n) is 1.09. The van der Waals surface area contributed by atoms with E-state index in [4.69, 9.17) is 28.3 Å². The van der Waals surface area contributed by atoms with Crippen molar-refractivity contribution in [2.75, 3.05) is 13.6 Å². The fourth-order valence-corrected chi connectivity index (χ4v) is 1.41. The standard InChI is InChI=1S/C10H11Cl2NO2/c1-13(10(14)15)5-4-7-2-3-8(11)9(12)6-7/h2-3,6H,4-5H2,1H3,(H,14,15). The third-order valence-corrected chi connectivity index (χ3v) is 2.79. The molecule has 0 saturated carbocycles. The molecule has 1 amide bonds. The van der Waals surface area contributed by atoms with E-state index < -0.39 is 6.09 Å². The van der Waals surface area contributed by atoms with Crippen LogP contribution in [0.25, 0.3) is 0 Å². The van der Waals surface area contributed by atoms with E-state index in [-0.39, 0.29) is 0 Å². The minimum absolute atomic E-state index is 0.438. The number of likely N-dealkylation sites (N-methyl/N-ethyl adjacent to an activating group) is 1. The van der Waals surface area contributed by atoms with Gasteiger partial charge in [-0.25, -0.2) is 4.79 Å². The van der Waals surface area contributed by atoms with Crippen LogP contribution in [0.3, 0.4) is 0 Å². The lowest BCUT2D eigenvalue weighted by Crippen LogP contribution is -2.26. The number of hydrogen-bond donors (Lipinski definition) is 1. The highest BCUT2D eigenvalue weighted by Gasteiger charge is 2.05. The van der Waals surface area contributed by atoms with Crippen LogP contribution >= 0.6 is 23.2 Å². The summed E-state index contributed by atoms with van der Waals surface area (Å²) in [6.07, 6.45) is -0.310. The van der Waals surface area contributed by atoms with Gasteiger partial charge in [-0.1, -0.05) is 29.3 Å². The molecule has 3 nitrogen and oxygen atoms in total. The highest BCUT2D eigenvalue weighted by molar-refractivity contribution is 6.42. The molecule has 0 aliphatic heterocycles. The zero-order valence-corrected chi connectivity index (χ0v) is 9.72. The van der Waals surface area contributed by atoms with Crippen LogP contribution in [0.15, 0.2) is 18.2 Å². The lowest BCUT2D eigenvalue weighted by molar-refractivity contribution is 0.156. The Morgan fingerprint density at radius 3 is 2.60 bits per heavy atom. The molecule has 0 radical (unpaired) electrons. The first-order chi connectivity index (χ1) is 7.00. The predicted octanol–water partition coefficient (Wildman–Crippen LogP) is 3.15. The quantitative estimate of drug-likeness (QED) is 0.892. The van der Waals surface area contributed by atoms with Gasteiger partial charge in [0.1, 0.15) is 0 Å². The van der Waals surface area contributed by atoms with Crippen LogP contribution in [-0.2, 0) is 6.42 Å². The van der Waals surface area contributed by atoms with Crippen molar-refractivity contribution in [1.29, 1.82) is 0 Å². The second-order valence-electron chi connectivity index (χ2n) is 3.20. The van der Waals surface area contributed by atoms with Gasteiger partial charge in [-0.15, -0.1) is 0 Å². The molecule has 5 heteroatoms. The molecule has 0 aliphatic rings. The maximum absolute atomic E-state index is 10.5. The van der Waals surface area contributed by atoms with Crippen molar-refractivity contribution in [2.24, 2.45) is 0 Å². The summed E-state index contributed by atoms with van der Waals surface area (Å²) in [5, 5.41) is 9.64. The third kappa shape index (κ3) is 3.61. The third-order valence-electron chi connectivity index (χ3n) is 2.05. The monoisotopic (exact) mass is 247 g/mol. The summed E-state index contributed by atoms with van der Waals surface area (Å²) in [6.45, 7) is 0.438. The topological polar surface area (TPSA) is 40.5 Å². The minimum Gasteiger partial charge on any atom is -0.465 e. The number of benzene rings is 1. The molecular formula is C10H11Cl2NO2. The van der Waals surface area contributed by atoms with Gasteiger partial charge in [0, 0.05) is 13.6 Å². The molecule has 0 spiro atoms. The molecule has 0 saturated heterocycles. The number of rotatable bonds is 3. The van der Waals surface area contributed by atoms with Crippen LogP contribution in [0.5, 0.6) is 0 Å². The van der Waals surface area contributed by atoms with Crippen molar-refractivity contribution >= 4 is 29.3 Å². The highest BCUT2D eigenvalue weighted by Crippen LogP contribution is 2.22.